The number of benzene rings is 1. The number of rotatable bonds is 4. The summed E-state index contributed by atoms with van der Waals surface area (Å²) in [5.41, 5.74) is -0.0505. The number of carboxylic acids is 1. The van der Waals surface area contributed by atoms with Gasteiger partial charge in [-0.15, -0.1) is 0 Å². The Labute approximate surface area is 115 Å². The molecule has 0 heterocycles. The molecular formula is C12H15ClN2O4. The van der Waals surface area contributed by atoms with E-state index in [9.17, 15) is 14.7 Å². The van der Waals surface area contributed by atoms with Gasteiger partial charge in [0.05, 0.1) is 16.8 Å². The minimum Gasteiger partial charge on any atom is -0.478 e. The number of urea groups is 1. The Morgan fingerprint density at radius 2 is 2.11 bits per heavy atom. The van der Waals surface area contributed by atoms with Gasteiger partial charge >= 0.3 is 12.0 Å². The summed E-state index contributed by atoms with van der Waals surface area (Å²) >= 11 is 5.79. The first-order valence-electron chi connectivity index (χ1n) is 5.55. The third-order valence-electron chi connectivity index (χ3n) is 2.35. The van der Waals surface area contributed by atoms with Crippen molar-refractivity contribution < 1.29 is 19.8 Å². The fourth-order valence-electron chi connectivity index (χ4n) is 1.54. The maximum atomic E-state index is 11.8. The topological polar surface area (TPSA) is 89.9 Å². The smallest absolute Gasteiger partial charge is 0.339 e. The number of aliphatic hydroxyl groups excluding tert-OH is 1. The number of likely N-dealkylation sites (N-methyl/N-ethyl adjacent to an activating group) is 1. The second-order valence-corrected chi connectivity index (χ2v) is 4.53. The summed E-state index contributed by atoms with van der Waals surface area (Å²) in [6, 6.07) is 3.90. The quantitative estimate of drug-likeness (QED) is 0.788. The van der Waals surface area contributed by atoms with Crippen molar-refractivity contribution in [2.45, 2.75) is 13.0 Å². The highest BCUT2D eigenvalue weighted by atomic mass is 35.5. The van der Waals surface area contributed by atoms with Crippen molar-refractivity contribution in [1.82, 2.24) is 4.90 Å². The number of anilines is 1. The van der Waals surface area contributed by atoms with E-state index in [2.05, 4.69) is 5.32 Å². The lowest BCUT2D eigenvalue weighted by Gasteiger charge is -2.20. The maximum absolute atomic E-state index is 11.8. The largest absolute Gasteiger partial charge is 0.478 e. The van der Waals surface area contributed by atoms with Gasteiger partial charge < -0.3 is 20.4 Å². The van der Waals surface area contributed by atoms with E-state index in [0.29, 0.717) is 0 Å². The number of amides is 2. The van der Waals surface area contributed by atoms with Gasteiger partial charge in [-0.05, 0) is 19.1 Å². The van der Waals surface area contributed by atoms with Crippen molar-refractivity contribution in [2.75, 3.05) is 18.9 Å². The van der Waals surface area contributed by atoms with Gasteiger partial charge in [-0.25, -0.2) is 9.59 Å². The maximum Gasteiger partial charge on any atom is 0.339 e. The van der Waals surface area contributed by atoms with Crippen molar-refractivity contribution in [2.24, 2.45) is 0 Å². The van der Waals surface area contributed by atoms with Gasteiger partial charge in [0.25, 0.3) is 0 Å². The molecule has 1 aromatic rings. The fraction of sp³-hybridized carbons (Fsp3) is 0.333. The summed E-state index contributed by atoms with van der Waals surface area (Å²) in [6.07, 6.45) is -0.672. The molecule has 3 N–H and O–H groups in total. The van der Waals surface area contributed by atoms with Crippen LogP contribution in [0.25, 0.3) is 0 Å². The molecule has 1 aromatic carbocycles. The normalized spacial score (nSPS) is 11.8. The zero-order valence-electron chi connectivity index (χ0n) is 10.6. The van der Waals surface area contributed by atoms with Crippen LogP contribution in [0.3, 0.4) is 0 Å². The first-order chi connectivity index (χ1) is 8.82. The third-order valence-corrected chi connectivity index (χ3v) is 2.67. The Morgan fingerprint density at radius 3 is 2.63 bits per heavy atom. The van der Waals surface area contributed by atoms with Crippen molar-refractivity contribution in [1.29, 1.82) is 0 Å². The van der Waals surface area contributed by atoms with E-state index in [1.165, 1.54) is 24.1 Å². The summed E-state index contributed by atoms with van der Waals surface area (Å²) in [5.74, 6) is -1.22. The van der Waals surface area contributed by atoms with E-state index in [1.807, 2.05) is 0 Å². The zero-order chi connectivity index (χ0) is 14.6. The lowest BCUT2D eigenvalue weighted by atomic mass is 10.2. The van der Waals surface area contributed by atoms with E-state index in [4.69, 9.17) is 16.7 Å². The third kappa shape index (κ3) is 4.11. The Kier molecular flexibility index (Phi) is 5.14. The Balaban J connectivity index is 2.91. The highest BCUT2D eigenvalue weighted by Gasteiger charge is 2.18. The average Bonchev–Trinajstić information content (AvgIpc) is 2.27. The molecular weight excluding hydrogens is 272 g/mol. The highest BCUT2D eigenvalue weighted by Crippen LogP contribution is 2.24. The van der Waals surface area contributed by atoms with Crippen LogP contribution in [0.15, 0.2) is 18.2 Å². The first kappa shape index (κ1) is 15.3. The van der Waals surface area contributed by atoms with Crippen LogP contribution in [-0.2, 0) is 0 Å². The molecule has 7 heteroatoms. The number of halogens is 1. The molecule has 0 bridgehead atoms. The lowest BCUT2D eigenvalue weighted by molar-refractivity contribution is 0.0698. The first-order valence-corrected chi connectivity index (χ1v) is 5.92. The fourth-order valence-corrected chi connectivity index (χ4v) is 1.79. The van der Waals surface area contributed by atoms with Crippen LogP contribution in [0.4, 0.5) is 10.5 Å². The van der Waals surface area contributed by atoms with Crippen LogP contribution in [0, 0.1) is 0 Å². The van der Waals surface area contributed by atoms with Gasteiger partial charge in [0.1, 0.15) is 5.56 Å². The number of hydrogen-bond acceptors (Lipinski definition) is 3. The molecule has 0 fully saturated rings. The number of carboxylic acid groups (broad SMARTS) is 1. The molecule has 0 radical (unpaired) electrons. The monoisotopic (exact) mass is 286 g/mol. The molecule has 0 spiro atoms. The summed E-state index contributed by atoms with van der Waals surface area (Å²) in [4.78, 5) is 24.1. The zero-order valence-corrected chi connectivity index (χ0v) is 11.3. The number of aromatic carboxylic acids is 1. The molecule has 0 saturated heterocycles. The molecule has 0 aliphatic rings. The number of nitrogens with zero attached hydrogens (tertiary/aromatic N) is 1. The lowest BCUT2D eigenvalue weighted by Crippen LogP contribution is -2.36. The number of carbonyl (C=O) groups is 2. The minimum absolute atomic E-state index is 0.0449. The Bertz CT molecular complexity index is 491. The van der Waals surface area contributed by atoms with E-state index in [1.54, 1.807) is 13.0 Å². The molecule has 1 unspecified atom stereocenters. The van der Waals surface area contributed by atoms with Crippen LogP contribution in [-0.4, -0.2) is 46.8 Å². The summed E-state index contributed by atoms with van der Waals surface area (Å²) < 4.78 is 0. The van der Waals surface area contributed by atoms with E-state index >= 15 is 0 Å². The van der Waals surface area contributed by atoms with Crippen molar-refractivity contribution in [3.63, 3.8) is 0 Å². The predicted octanol–water partition coefficient (Wildman–Crippen LogP) is 1.88. The minimum atomic E-state index is -1.22. The van der Waals surface area contributed by atoms with Crippen LogP contribution in [0.1, 0.15) is 17.3 Å². The van der Waals surface area contributed by atoms with Crippen LogP contribution in [0.2, 0.25) is 5.02 Å². The molecule has 19 heavy (non-hydrogen) atoms. The number of nitrogens with one attached hydrogen (secondary N) is 1. The molecule has 104 valence electrons. The van der Waals surface area contributed by atoms with Gasteiger partial charge in [-0.2, -0.15) is 0 Å². The highest BCUT2D eigenvalue weighted by molar-refractivity contribution is 6.34. The van der Waals surface area contributed by atoms with Crippen molar-refractivity contribution in [3.8, 4) is 0 Å². The predicted molar refractivity (Wildman–Crippen MR) is 71.7 cm³/mol. The second kappa shape index (κ2) is 6.40. The second-order valence-electron chi connectivity index (χ2n) is 4.13. The van der Waals surface area contributed by atoms with Crippen LogP contribution < -0.4 is 5.32 Å². The van der Waals surface area contributed by atoms with Gasteiger partial charge in [0, 0.05) is 13.6 Å². The summed E-state index contributed by atoms with van der Waals surface area (Å²) in [7, 11) is 1.49. The van der Waals surface area contributed by atoms with Gasteiger partial charge in [0.2, 0.25) is 0 Å². The standard InChI is InChI=1S/C12H15ClN2O4/c1-7(16)6-15(2)12(19)14-9-5-3-4-8(13)10(9)11(17)18/h3-5,7,16H,6H2,1-2H3,(H,14,19)(H,17,18). The molecule has 0 saturated carbocycles. The van der Waals surface area contributed by atoms with Crippen LogP contribution >= 0.6 is 11.6 Å². The van der Waals surface area contributed by atoms with Crippen molar-refractivity contribution >= 4 is 29.3 Å². The summed E-state index contributed by atoms with van der Waals surface area (Å²) in [6.45, 7) is 1.68. The molecule has 0 aliphatic heterocycles. The molecule has 6 nitrogen and oxygen atoms in total. The number of hydrogen-bond donors (Lipinski definition) is 3. The van der Waals surface area contributed by atoms with E-state index in [0.717, 1.165) is 0 Å². The van der Waals surface area contributed by atoms with E-state index in [-0.39, 0.29) is 22.8 Å². The number of carbonyl (C=O) groups excluding carboxylic acids is 1. The van der Waals surface area contributed by atoms with E-state index < -0.39 is 18.1 Å². The number of aliphatic hydroxyl groups is 1. The Hall–Kier alpha value is -1.79. The average molecular weight is 287 g/mol. The molecule has 0 aliphatic carbocycles. The SMILES string of the molecule is CC(O)CN(C)C(=O)Nc1cccc(Cl)c1C(=O)O. The van der Waals surface area contributed by atoms with Gasteiger partial charge in [0.15, 0.2) is 0 Å². The molecule has 0 aromatic heterocycles. The molecule has 2 amide bonds. The molecule has 1 atom stereocenters. The van der Waals surface area contributed by atoms with Gasteiger partial charge in [-0.3, -0.25) is 0 Å². The molecule has 1 rings (SSSR count). The van der Waals surface area contributed by atoms with Crippen LogP contribution in [0.5, 0.6) is 0 Å². The summed E-state index contributed by atoms with van der Waals surface area (Å²) in [5, 5.41) is 20.7. The van der Waals surface area contributed by atoms with Gasteiger partial charge in [-0.1, -0.05) is 17.7 Å². The van der Waals surface area contributed by atoms with Crippen molar-refractivity contribution in [3.05, 3.63) is 28.8 Å². The Morgan fingerprint density at radius 1 is 1.47 bits per heavy atom.